The Morgan fingerprint density at radius 3 is 2.20 bits per heavy atom. The molecule has 0 aliphatic carbocycles. The lowest BCUT2D eigenvalue weighted by Crippen LogP contribution is -2.52. The maximum Gasteiger partial charge on any atom is 0.312 e. The van der Waals surface area contributed by atoms with Crippen LogP contribution >= 0.6 is 0 Å². The minimum absolute atomic E-state index is 0.376. The SMILES string of the molecule is CC(C)(C)NC(=O)C(=O)N1CCOCC1. The number of morpholine rings is 1. The van der Waals surface area contributed by atoms with Crippen LogP contribution in [0.4, 0.5) is 0 Å². The molecule has 0 aromatic rings. The van der Waals surface area contributed by atoms with E-state index in [0.29, 0.717) is 26.3 Å². The number of nitrogens with zero attached hydrogens (tertiary/aromatic N) is 1. The lowest BCUT2D eigenvalue weighted by atomic mass is 10.1. The maximum absolute atomic E-state index is 11.6. The van der Waals surface area contributed by atoms with Crippen LogP contribution in [-0.4, -0.2) is 48.6 Å². The van der Waals surface area contributed by atoms with Crippen molar-refractivity contribution < 1.29 is 14.3 Å². The third-order valence-electron chi connectivity index (χ3n) is 1.98. The summed E-state index contributed by atoms with van der Waals surface area (Å²) in [6.45, 7) is 7.54. The van der Waals surface area contributed by atoms with Gasteiger partial charge in [0.05, 0.1) is 13.2 Å². The Kier molecular flexibility index (Phi) is 3.68. The number of carbonyl (C=O) groups is 2. The van der Waals surface area contributed by atoms with Crippen LogP contribution in [0, 0.1) is 0 Å². The van der Waals surface area contributed by atoms with Gasteiger partial charge in [0.25, 0.3) is 0 Å². The molecule has 1 fully saturated rings. The van der Waals surface area contributed by atoms with Gasteiger partial charge in [-0.2, -0.15) is 0 Å². The van der Waals surface area contributed by atoms with Crippen molar-refractivity contribution in [3.05, 3.63) is 0 Å². The van der Waals surface area contributed by atoms with E-state index in [1.54, 1.807) is 0 Å². The van der Waals surface area contributed by atoms with Gasteiger partial charge in [-0.1, -0.05) is 0 Å². The fraction of sp³-hybridized carbons (Fsp3) is 0.800. The molecule has 0 spiro atoms. The Balaban J connectivity index is 2.48. The number of carbonyl (C=O) groups excluding carboxylic acids is 2. The van der Waals surface area contributed by atoms with Crippen molar-refractivity contribution in [3.8, 4) is 0 Å². The van der Waals surface area contributed by atoms with Crippen molar-refractivity contribution in [2.24, 2.45) is 0 Å². The highest BCUT2D eigenvalue weighted by Gasteiger charge is 2.26. The number of amides is 2. The molecule has 1 rings (SSSR count). The second-order valence-electron chi connectivity index (χ2n) is 4.61. The standard InChI is InChI=1S/C10H18N2O3/c1-10(2,3)11-8(13)9(14)12-4-6-15-7-5-12/h4-7H2,1-3H3,(H,11,13). The fourth-order valence-corrected chi connectivity index (χ4v) is 1.30. The van der Waals surface area contributed by atoms with E-state index in [9.17, 15) is 9.59 Å². The Morgan fingerprint density at radius 2 is 1.73 bits per heavy atom. The van der Waals surface area contributed by atoms with Crippen molar-refractivity contribution in [2.75, 3.05) is 26.3 Å². The molecule has 86 valence electrons. The van der Waals surface area contributed by atoms with Crippen LogP contribution in [0.5, 0.6) is 0 Å². The smallest absolute Gasteiger partial charge is 0.312 e. The Morgan fingerprint density at radius 1 is 1.20 bits per heavy atom. The molecule has 0 bridgehead atoms. The fourth-order valence-electron chi connectivity index (χ4n) is 1.30. The van der Waals surface area contributed by atoms with E-state index in [1.807, 2.05) is 20.8 Å². The van der Waals surface area contributed by atoms with E-state index in [-0.39, 0.29) is 5.54 Å². The van der Waals surface area contributed by atoms with Crippen LogP contribution in [0.25, 0.3) is 0 Å². The molecule has 1 N–H and O–H groups in total. The second-order valence-corrected chi connectivity index (χ2v) is 4.61. The molecule has 15 heavy (non-hydrogen) atoms. The van der Waals surface area contributed by atoms with Gasteiger partial charge in [-0.15, -0.1) is 0 Å². The minimum Gasteiger partial charge on any atom is -0.378 e. The molecule has 0 unspecified atom stereocenters. The molecule has 1 aliphatic rings. The topological polar surface area (TPSA) is 58.6 Å². The molecule has 1 aliphatic heterocycles. The maximum atomic E-state index is 11.6. The van der Waals surface area contributed by atoms with E-state index in [1.165, 1.54) is 4.90 Å². The Hall–Kier alpha value is -1.10. The van der Waals surface area contributed by atoms with Crippen molar-refractivity contribution in [1.82, 2.24) is 10.2 Å². The zero-order valence-corrected chi connectivity index (χ0v) is 9.50. The summed E-state index contributed by atoms with van der Waals surface area (Å²) in [4.78, 5) is 24.7. The lowest BCUT2D eigenvalue weighted by Gasteiger charge is -2.28. The molecule has 0 saturated carbocycles. The van der Waals surface area contributed by atoms with E-state index < -0.39 is 11.8 Å². The van der Waals surface area contributed by atoms with E-state index in [4.69, 9.17) is 4.74 Å². The molecule has 0 radical (unpaired) electrons. The molecule has 1 saturated heterocycles. The van der Waals surface area contributed by atoms with Crippen molar-refractivity contribution in [3.63, 3.8) is 0 Å². The van der Waals surface area contributed by atoms with Crippen molar-refractivity contribution in [2.45, 2.75) is 26.3 Å². The first-order valence-electron chi connectivity index (χ1n) is 5.09. The third-order valence-corrected chi connectivity index (χ3v) is 1.98. The third kappa shape index (κ3) is 3.87. The van der Waals surface area contributed by atoms with Crippen LogP contribution < -0.4 is 5.32 Å². The summed E-state index contributed by atoms with van der Waals surface area (Å²) in [7, 11) is 0. The van der Waals surface area contributed by atoms with Crippen molar-refractivity contribution >= 4 is 11.8 Å². The van der Waals surface area contributed by atoms with E-state index in [0.717, 1.165) is 0 Å². The second kappa shape index (κ2) is 4.61. The molecule has 2 amide bonds. The molecular formula is C10H18N2O3. The highest BCUT2D eigenvalue weighted by Crippen LogP contribution is 2.01. The summed E-state index contributed by atoms with van der Waals surface area (Å²) in [5, 5.41) is 2.65. The number of hydrogen-bond acceptors (Lipinski definition) is 3. The molecule has 0 aromatic heterocycles. The molecule has 1 heterocycles. The largest absolute Gasteiger partial charge is 0.378 e. The number of hydrogen-bond donors (Lipinski definition) is 1. The molecule has 0 atom stereocenters. The predicted molar refractivity (Wildman–Crippen MR) is 55.3 cm³/mol. The van der Waals surface area contributed by atoms with Gasteiger partial charge in [0, 0.05) is 18.6 Å². The summed E-state index contributed by atoms with van der Waals surface area (Å²) in [5.41, 5.74) is -0.376. The monoisotopic (exact) mass is 214 g/mol. The van der Waals surface area contributed by atoms with Gasteiger partial charge < -0.3 is 15.0 Å². The van der Waals surface area contributed by atoms with E-state index >= 15 is 0 Å². The summed E-state index contributed by atoms with van der Waals surface area (Å²) in [6.07, 6.45) is 0. The average Bonchev–Trinajstić information content (AvgIpc) is 2.15. The zero-order valence-electron chi connectivity index (χ0n) is 9.50. The molecule has 5 heteroatoms. The van der Waals surface area contributed by atoms with Gasteiger partial charge in [0.2, 0.25) is 0 Å². The summed E-state index contributed by atoms with van der Waals surface area (Å²) in [5.74, 6) is -1.00. The first kappa shape index (κ1) is 12.0. The minimum atomic E-state index is -0.538. The quantitative estimate of drug-likeness (QED) is 0.566. The van der Waals surface area contributed by atoms with Gasteiger partial charge in [-0.05, 0) is 20.8 Å². The first-order chi connectivity index (χ1) is 6.90. The van der Waals surface area contributed by atoms with Crippen molar-refractivity contribution in [1.29, 1.82) is 0 Å². The van der Waals surface area contributed by atoms with Crippen LogP contribution in [-0.2, 0) is 14.3 Å². The van der Waals surface area contributed by atoms with Crippen LogP contribution in [0.2, 0.25) is 0 Å². The van der Waals surface area contributed by atoms with Gasteiger partial charge >= 0.3 is 11.8 Å². The lowest BCUT2D eigenvalue weighted by molar-refractivity contribution is -0.149. The summed E-state index contributed by atoms with van der Waals surface area (Å²) in [6, 6.07) is 0. The van der Waals surface area contributed by atoms with Crippen LogP contribution in [0.1, 0.15) is 20.8 Å². The summed E-state index contributed by atoms with van der Waals surface area (Å²) < 4.78 is 5.10. The number of nitrogens with one attached hydrogen (secondary N) is 1. The van der Waals surface area contributed by atoms with Gasteiger partial charge in [0.1, 0.15) is 0 Å². The molecule has 5 nitrogen and oxygen atoms in total. The number of ether oxygens (including phenoxy) is 1. The molecular weight excluding hydrogens is 196 g/mol. The Labute approximate surface area is 89.8 Å². The first-order valence-corrected chi connectivity index (χ1v) is 5.09. The summed E-state index contributed by atoms with van der Waals surface area (Å²) >= 11 is 0. The highest BCUT2D eigenvalue weighted by molar-refractivity contribution is 6.35. The van der Waals surface area contributed by atoms with Gasteiger partial charge in [-0.3, -0.25) is 9.59 Å². The number of rotatable bonds is 0. The van der Waals surface area contributed by atoms with Crippen LogP contribution in [0.15, 0.2) is 0 Å². The van der Waals surface area contributed by atoms with E-state index in [2.05, 4.69) is 5.32 Å². The highest BCUT2D eigenvalue weighted by atomic mass is 16.5. The Bertz CT molecular complexity index is 252. The zero-order chi connectivity index (χ0) is 11.5. The molecule has 0 aromatic carbocycles. The van der Waals surface area contributed by atoms with Gasteiger partial charge in [0.15, 0.2) is 0 Å². The average molecular weight is 214 g/mol. The van der Waals surface area contributed by atoms with Gasteiger partial charge in [-0.25, -0.2) is 0 Å². The normalized spacial score (nSPS) is 17.4. The van der Waals surface area contributed by atoms with Crippen LogP contribution in [0.3, 0.4) is 0 Å². The predicted octanol–water partition coefficient (Wildman–Crippen LogP) is -0.240.